The molecule has 0 aromatic rings. The zero-order chi connectivity index (χ0) is 10.3. The topological polar surface area (TPSA) is 55.4 Å². The summed E-state index contributed by atoms with van der Waals surface area (Å²) in [7, 11) is 0. The maximum atomic E-state index is 11.5. The second-order valence-corrected chi connectivity index (χ2v) is 4.44. The molecule has 0 aliphatic carbocycles. The van der Waals surface area contributed by atoms with Crippen LogP contribution in [0.5, 0.6) is 0 Å². The number of amides is 1. The average Bonchev–Trinajstić information content (AvgIpc) is 1.95. The molecule has 0 spiro atoms. The van der Waals surface area contributed by atoms with Crippen molar-refractivity contribution in [2.24, 2.45) is 5.41 Å². The number of cyclic esters (lactones) is 1. The Morgan fingerprint density at radius 2 is 1.92 bits per heavy atom. The first-order valence-corrected chi connectivity index (χ1v) is 4.27. The van der Waals surface area contributed by atoms with Crippen molar-refractivity contribution < 1.29 is 14.3 Å². The highest BCUT2D eigenvalue weighted by molar-refractivity contribution is 5.94. The van der Waals surface area contributed by atoms with Gasteiger partial charge in [-0.3, -0.25) is 9.59 Å². The molecule has 0 unspecified atom stereocenters. The van der Waals surface area contributed by atoms with E-state index in [1.165, 1.54) is 0 Å². The fourth-order valence-corrected chi connectivity index (χ4v) is 1.12. The Balaban J connectivity index is 2.98. The summed E-state index contributed by atoms with van der Waals surface area (Å²) in [6.07, 6.45) is 0. The number of hydrogen-bond acceptors (Lipinski definition) is 3. The van der Waals surface area contributed by atoms with E-state index >= 15 is 0 Å². The maximum absolute atomic E-state index is 11.5. The Morgan fingerprint density at radius 3 is 2.31 bits per heavy atom. The molecule has 1 heterocycles. The third-order valence-corrected chi connectivity index (χ3v) is 2.58. The Morgan fingerprint density at radius 1 is 1.38 bits per heavy atom. The van der Waals surface area contributed by atoms with Crippen molar-refractivity contribution in [1.29, 1.82) is 0 Å². The molecule has 0 aromatic carbocycles. The van der Waals surface area contributed by atoms with Crippen LogP contribution >= 0.6 is 0 Å². The van der Waals surface area contributed by atoms with Crippen molar-refractivity contribution in [3.63, 3.8) is 0 Å². The fraction of sp³-hybridized carbons (Fsp3) is 0.778. The number of carbonyl (C=O) groups excluding carboxylic acids is 2. The third kappa shape index (κ3) is 1.53. The summed E-state index contributed by atoms with van der Waals surface area (Å²) >= 11 is 0. The van der Waals surface area contributed by atoms with E-state index in [0.29, 0.717) is 0 Å². The van der Waals surface area contributed by atoms with E-state index in [-0.39, 0.29) is 18.4 Å². The van der Waals surface area contributed by atoms with Crippen molar-refractivity contribution in [3.05, 3.63) is 0 Å². The van der Waals surface area contributed by atoms with E-state index in [4.69, 9.17) is 4.74 Å². The molecular formula is C9H15NO3. The smallest absolute Gasteiger partial charge is 0.326 e. The molecule has 74 valence electrons. The van der Waals surface area contributed by atoms with Gasteiger partial charge in [-0.2, -0.15) is 0 Å². The number of rotatable bonds is 0. The van der Waals surface area contributed by atoms with Crippen LogP contribution in [0.3, 0.4) is 0 Å². The van der Waals surface area contributed by atoms with Crippen LogP contribution in [-0.4, -0.2) is 24.0 Å². The van der Waals surface area contributed by atoms with Crippen molar-refractivity contribution in [2.75, 3.05) is 6.54 Å². The molecule has 13 heavy (non-hydrogen) atoms. The van der Waals surface area contributed by atoms with Gasteiger partial charge >= 0.3 is 5.97 Å². The van der Waals surface area contributed by atoms with Crippen LogP contribution in [0.4, 0.5) is 0 Å². The summed E-state index contributed by atoms with van der Waals surface area (Å²) in [6, 6.07) is 0. The van der Waals surface area contributed by atoms with Gasteiger partial charge in [-0.05, 0) is 6.92 Å². The highest BCUT2D eigenvalue weighted by atomic mass is 16.6. The van der Waals surface area contributed by atoms with Crippen LogP contribution in [0.15, 0.2) is 0 Å². The third-order valence-electron chi connectivity index (χ3n) is 2.58. The lowest BCUT2D eigenvalue weighted by atomic mass is 9.76. The second-order valence-electron chi connectivity index (χ2n) is 4.44. The molecule has 1 atom stereocenters. The highest BCUT2D eigenvalue weighted by Crippen LogP contribution is 2.35. The van der Waals surface area contributed by atoms with Crippen LogP contribution in [0, 0.1) is 5.41 Å². The largest absolute Gasteiger partial charge is 0.447 e. The van der Waals surface area contributed by atoms with Crippen LogP contribution in [0.25, 0.3) is 0 Å². The first-order chi connectivity index (χ1) is 5.77. The number of morpholine rings is 1. The molecular weight excluding hydrogens is 170 g/mol. The van der Waals surface area contributed by atoms with E-state index in [1.807, 2.05) is 20.8 Å². The molecule has 0 saturated carbocycles. The lowest BCUT2D eigenvalue weighted by Crippen LogP contribution is -2.61. The SMILES string of the molecule is CC(C)(C)[C@]1(C)OC(=O)CNC1=O. The van der Waals surface area contributed by atoms with Crippen molar-refractivity contribution in [3.8, 4) is 0 Å². The van der Waals surface area contributed by atoms with Crippen molar-refractivity contribution >= 4 is 11.9 Å². The van der Waals surface area contributed by atoms with Gasteiger partial charge in [0, 0.05) is 5.41 Å². The highest BCUT2D eigenvalue weighted by Gasteiger charge is 2.50. The van der Waals surface area contributed by atoms with Crippen molar-refractivity contribution in [2.45, 2.75) is 33.3 Å². The minimum atomic E-state index is -1.05. The summed E-state index contributed by atoms with van der Waals surface area (Å²) in [5.74, 6) is -0.600. The Labute approximate surface area is 77.6 Å². The molecule has 1 N–H and O–H groups in total. The predicted octanol–water partition coefficient (Wildman–Crippen LogP) is 0.464. The van der Waals surface area contributed by atoms with E-state index in [1.54, 1.807) is 6.92 Å². The molecule has 1 aliphatic rings. The van der Waals surface area contributed by atoms with Gasteiger partial charge in [-0.15, -0.1) is 0 Å². The van der Waals surface area contributed by atoms with Gasteiger partial charge in [-0.1, -0.05) is 20.8 Å². The van der Waals surface area contributed by atoms with Gasteiger partial charge in [0.1, 0.15) is 6.54 Å². The second kappa shape index (κ2) is 2.72. The van der Waals surface area contributed by atoms with Gasteiger partial charge in [0.05, 0.1) is 0 Å². The maximum Gasteiger partial charge on any atom is 0.326 e. The molecule has 1 aliphatic heterocycles. The summed E-state index contributed by atoms with van der Waals surface area (Å²) in [6.45, 7) is 7.21. The number of esters is 1. The molecule has 4 heteroatoms. The minimum absolute atomic E-state index is 0.0233. The Hall–Kier alpha value is -1.06. The Bertz CT molecular complexity index is 254. The molecule has 1 amide bonds. The normalized spacial score (nSPS) is 29.5. The monoisotopic (exact) mass is 185 g/mol. The minimum Gasteiger partial charge on any atom is -0.447 e. The van der Waals surface area contributed by atoms with Gasteiger partial charge in [0.2, 0.25) is 0 Å². The lowest BCUT2D eigenvalue weighted by Gasteiger charge is -2.41. The molecule has 0 radical (unpaired) electrons. The predicted molar refractivity (Wildman–Crippen MR) is 47.0 cm³/mol. The quantitative estimate of drug-likeness (QED) is 0.558. The van der Waals surface area contributed by atoms with E-state index in [2.05, 4.69) is 5.32 Å². The first kappa shape index (κ1) is 10.0. The van der Waals surface area contributed by atoms with Crippen LogP contribution in [0.1, 0.15) is 27.7 Å². The number of ether oxygens (including phenoxy) is 1. The van der Waals surface area contributed by atoms with Gasteiger partial charge in [-0.25, -0.2) is 0 Å². The molecule has 1 saturated heterocycles. The van der Waals surface area contributed by atoms with Gasteiger partial charge in [0.25, 0.3) is 5.91 Å². The van der Waals surface area contributed by atoms with Crippen LogP contribution < -0.4 is 5.32 Å². The van der Waals surface area contributed by atoms with E-state index in [0.717, 1.165) is 0 Å². The molecule has 1 fully saturated rings. The Kier molecular flexibility index (Phi) is 2.10. The number of carbonyl (C=O) groups is 2. The molecule has 1 rings (SSSR count). The zero-order valence-corrected chi connectivity index (χ0v) is 8.43. The zero-order valence-electron chi connectivity index (χ0n) is 8.43. The summed E-state index contributed by atoms with van der Waals surface area (Å²) in [5, 5.41) is 2.52. The van der Waals surface area contributed by atoms with Crippen molar-refractivity contribution in [1.82, 2.24) is 5.32 Å². The first-order valence-electron chi connectivity index (χ1n) is 4.27. The summed E-state index contributed by atoms with van der Waals surface area (Å²) in [4.78, 5) is 22.6. The average molecular weight is 185 g/mol. The van der Waals surface area contributed by atoms with Crippen LogP contribution in [-0.2, 0) is 14.3 Å². The molecule has 4 nitrogen and oxygen atoms in total. The van der Waals surface area contributed by atoms with E-state index in [9.17, 15) is 9.59 Å². The molecule has 0 aromatic heterocycles. The summed E-state index contributed by atoms with van der Waals surface area (Å²) < 4.78 is 5.10. The number of nitrogens with one attached hydrogen (secondary N) is 1. The van der Waals surface area contributed by atoms with Crippen LogP contribution in [0.2, 0.25) is 0 Å². The number of hydrogen-bond donors (Lipinski definition) is 1. The summed E-state index contributed by atoms with van der Waals surface area (Å²) in [5.41, 5.74) is -1.45. The lowest BCUT2D eigenvalue weighted by molar-refractivity contribution is -0.185. The van der Waals surface area contributed by atoms with Gasteiger partial charge < -0.3 is 10.1 Å². The van der Waals surface area contributed by atoms with Gasteiger partial charge in [0.15, 0.2) is 5.60 Å². The molecule has 0 bridgehead atoms. The van der Waals surface area contributed by atoms with E-state index < -0.39 is 11.0 Å². The standard InChI is InChI=1S/C9H15NO3/c1-8(2,3)9(4)7(12)10-5-6(11)13-9/h5H2,1-4H3,(H,10,12)/t9-/m1/s1. The fourth-order valence-electron chi connectivity index (χ4n) is 1.12.